The highest BCUT2D eigenvalue weighted by Gasteiger charge is 2.07. The summed E-state index contributed by atoms with van der Waals surface area (Å²) in [6, 6.07) is 3.68. The second-order valence-corrected chi connectivity index (χ2v) is 3.07. The van der Waals surface area contributed by atoms with Gasteiger partial charge < -0.3 is 10.5 Å². The summed E-state index contributed by atoms with van der Waals surface area (Å²) in [5, 5.41) is 0. The fraction of sp³-hybridized carbons (Fsp3) is 0.250. The van der Waals surface area contributed by atoms with E-state index in [1.165, 1.54) is 0 Å². The van der Waals surface area contributed by atoms with Crippen LogP contribution in [-0.2, 0) is 0 Å². The zero-order valence-electron chi connectivity index (χ0n) is 7.15. The van der Waals surface area contributed by atoms with E-state index in [0.29, 0.717) is 18.0 Å². The highest BCUT2D eigenvalue weighted by molar-refractivity contribution is 7.00. The number of hydrogen-bond donors (Lipinski definition) is 1. The molecule has 2 aromatic rings. The quantitative estimate of drug-likeness (QED) is 0.740. The zero-order chi connectivity index (χ0) is 9.26. The molecule has 0 saturated heterocycles. The average molecular weight is 195 g/mol. The van der Waals surface area contributed by atoms with Crippen molar-refractivity contribution in [1.82, 2.24) is 8.75 Å². The Kier molecular flexibility index (Phi) is 2.02. The van der Waals surface area contributed by atoms with Crippen LogP contribution in [0, 0.1) is 0 Å². The van der Waals surface area contributed by atoms with Crippen LogP contribution in [0.15, 0.2) is 12.1 Å². The number of aromatic nitrogens is 2. The molecule has 4 nitrogen and oxygen atoms in total. The van der Waals surface area contributed by atoms with Crippen molar-refractivity contribution < 1.29 is 4.74 Å². The van der Waals surface area contributed by atoms with Gasteiger partial charge in [-0.05, 0) is 19.1 Å². The van der Waals surface area contributed by atoms with E-state index in [0.717, 1.165) is 22.8 Å². The Morgan fingerprint density at radius 3 is 3.08 bits per heavy atom. The van der Waals surface area contributed by atoms with Gasteiger partial charge in [-0.3, -0.25) is 0 Å². The molecule has 13 heavy (non-hydrogen) atoms. The maximum absolute atomic E-state index is 5.83. The Balaban J connectivity index is 2.59. The van der Waals surface area contributed by atoms with Crippen LogP contribution in [0.3, 0.4) is 0 Å². The number of anilines is 1. The molecule has 0 unspecified atom stereocenters. The summed E-state index contributed by atoms with van der Waals surface area (Å²) in [6.07, 6.45) is 0. The fourth-order valence-corrected chi connectivity index (χ4v) is 1.68. The van der Waals surface area contributed by atoms with E-state index in [1.807, 2.05) is 19.1 Å². The molecule has 0 atom stereocenters. The smallest absolute Gasteiger partial charge is 0.144 e. The first-order valence-corrected chi connectivity index (χ1v) is 4.69. The average Bonchev–Trinajstić information content (AvgIpc) is 2.58. The molecule has 0 amide bonds. The Hall–Kier alpha value is -1.36. The zero-order valence-corrected chi connectivity index (χ0v) is 7.97. The number of nitrogens with zero attached hydrogens (tertiary/aromatic N) is 2. The van der Waals surface area contributed by atoms with Gasteiger partial charge in [0.25, 0.3) is 0 Å². The summed E-state index contributed by atoms with van der Waals surface area (Å²) >= 11 is 1.16. The van der Waals surface area contributed by atoms with Crippen molar-refractivity contribution in [2.75, 3.05) is 12.3 Å². The largest absolute Gasteiger partial charge is 0.492 e. The molecule has 1 aromatic carbocycles. The fourth-order valence-electron chi connectivity index (χ4n) is 1.13. The molecule has 5 heteroatoms. The van der Waals surface area contributed by atoms with Crippen molar-refractivity contribution >= 4 is 28.4 Å². The number of nitrogen functional groups attached to an aromatic ring is 1. The van der Waals surface area contributed by atoms with Crippen molar-refractivity contribution in [1.29, 1.82) is 0 Å². The minimum Gasteiger partial charge on any atom is -0.492 e. The van der Waals surface area contributed by atoms with Gasteiger partial charge in [-0.2, -0.15) is 8.75 Å². The maximum atomic E-state index is 5.83. The summed E-state index contributed by atoms with van der Waals surface area (Å²) in [5.74, 6) is 0.683. The lowest BCUT2D eigenvalue weighted by Crippen LogP contribution is -1.97. The number of fused-ring (bicyclic) bond motifs is 1. The third-order valence-electron chi connectivity index (χ3n) is 1.73. The van der Waals surface area contributed by atoms with E-state index >= 15 is 0 Å². The third-order valence-corrected chi connectivity index (χ3v) is 2.27. The summed E-state index contributed by atoms with van der Waals surface area (Å²) in [6.45, 7) is 2.52. The van der Waals surface area contributed by atoms with E-state index in [-0.39, 0.29) is 0 Å². The van der Waals surface area contributed by atoms with Gasteiger partial charge in [0.05, 0.1) is 18.3 Å². The topological polar surface area (TPSA) is 61.0 Å². The summed E-state index contributed by atoms with van der Waals surface area (Å²) in [5.41, 5.74) is 7.96. The van der Waals surface area contributed by atoms with Crippen LogP contribution < -0.4 is 10.5 Å². The second kappa shape index (κ2) is 3.18. The molecule has 1 heterocycles. The summed E-state index contributed by atoms with van der Waals surface area (Å²) in [4.78, 5) is 0. The first-order chi connectivity index (χ1) is 6.33. The standard InChI is InChI=1S/C8H9N3OS/c1-2-12-6-4-3-5-8(7(6)9)11-13-10-5/h3-4H,2,9H2,1H3. The number of benzene rings is 1. The minimum atomic E-state index is 0.577. The molecule has 0 fully saturated rings. The first-order valence-electron chi connectivity index (χ1n) is 3.96. The van der Waals surface area contributed by atoms with Crippen LogP contribution >= 0.6 is 11.7 Å². The molecule has 2 rings (SSSR count). The Morgan fingerprint density at radius 2 is 2.31 bits per heavy atom. The molecule has 0 bridgehead atoms. The normalized spacial score (nSPS) is 10.5. The predicted molar refractivity (Wildman–Crippen MR) is 53.0 cm³/mol. The third kappa shape index (κ3) is 1.31. The summed E-state index contributed by atoms with van der Waals surface area (Å²) in [7, 11) is 0. The van der Waals surface area contributed by atoms with Crippen LogP contribution in [0.4, 0.5) is 5.69 Å². The van der Waals surface area contributed by atoms with Gasteiger partial charge in [-0.25, -0.2) is 0 Å². The number of hydrogen-bond acceptors (Lipinski definition) is 5. The van der Waals surface area contributed by atoms with Crippen LogP contribution in [-0.4, -0.2) is 15.4 Å². The van der Waals surface area contributed by atoms with E-state index in [4.69, 9.17) is 10.5 Å². The highest BCUT2D eigenvalue weighted by atomic mass is 32.1. The molecule has 0 spiro atoms. The molecular formula is C8H9N3OS. The van der Waals surface area contributed by atoms with Crippen molar-refractivity contribution in [3.63, 3.8) is 0 Å². The monoisotopic (exact) mass is 195 g/mol. The van der Waals surface area contributed by atoms with Crippen LogP contribution in [0.5, 0.6) is 5.75 Å². The molecule has 0 radical (unpaired) electrons. The van der Waals surface area contributed by atoms with Crippen molar-refractivity contribution in [3.8, 4) is 5.75 Å². The van der Waals surface area contributed by atoms with Crippen molar-refractivity contribution in [2.45, 2.75) is 6.92 Å². The Labute approximate surface area is 79.7 Å². The molecule has 68 valence electrons. The Bertz CT molecular complexity index is 426. The van der Waals surface area contributed by atoms with Crippen molar-refractivity contribution in [2.24, 2.45) is 0 Å². The molecule has 0 aliphatic heterocycles. The number of ether oxygens (including phenoxy) is 1. The SMILES string of the molecule is CCOc1ccc2nsnc2c1N. The lowest BCUT2D eigenvalue weighted by Gasteiger charge is -2.05. The summed E-state index contributed by atoms with van der Waals surface area (Å²) < 4.78 is 13.5. The molecule has 0 aliphatic rings. The van der Waals surface area contributed by atoms with Gasteiger partial charge in [0.15, 0.2) is 0 Å². The van der Waals surface area contributed by atoms with Gasteiger partial charge in [0.1, 0.15) is 22.5 Å². The number of nitrogens with two attached hydrogens (primary N) is 1. The molecular weight excluding hydrogens is 186 g/mol. The maximum Gasteiger partial charge on any atom is 0.144 e. The Morgan fingerprint density at radius 1 is 1.46 bits per heavy atom. The molecule has 1 aromatic heterocycles. The van der Waals surface area contributed by atoms with Gasteiger partial charge in [-0.1, -0.05) is 0 Å². The van der Waals surface area contributed by atoms with E-state index in [2.05, 4.69) is 8.75 Å². The lowest BCUT2D eigenvalue weighted by atomic mass is 10.2. The minimum absolute atomic E-state index is 0.577. The van der Waals surface area contributed by atoms with Gasteiger partial charge in [0.2, 0.25) is 0 Å². The first kappa shape index (κ1) is 8.25. The second-order valence-electron chi connectivity index (χ2n) is 2.54. The lowest BCUT2D eigenvalue weighted by molar-refractivity contribution is 0.342. The van der Waals surface area contributed by atoms with Gasteiger partial charge >= 0.3 is 0 Å². The van der Waals surface area contributed by atoms with E-state index in [1.54, 1.807) is 0 Å². The van der Waals surface area contributed by atoms with Gasteiger partial charge in [-0.15, -0.1) is 0 Å². The van der Waals surface area contributed by atoms with Crippen LogP contribution in [0.2, 0.25) is 0 Å². The molecule has 0 saturated carbocycles. The van der Waals surface area contributed by atoms with Crippen LogP contribution in [0.25, 0.3) is 11.0 Å². The van der Waals surface area contributed by atoms with E-state index < -0.39 is 0 Å². The van der Waals surface area contributed by atoms with Crippen molar-refractivity contribution in [3.05, 3.63) is 12.1 Å². The predicted octanol–water partition coefficient (Wildman–Crippen LogP) is 1.67. The van der Waals surface area contributed by atoms with Gasteiger partial charge in [0, 0.05) is 0 Å². The highest BCUT2D eigenvalue weighted by Crippen LogP contribution is 2.28. The molecule has 2 N–H and O–H groups in total. The molecule has 0 aliphatic carbocycles. The van der Waals surface area contributed by atoms with E-state index in [9.17, 15) is 0 Å². The van der Waals surface area contributed by atoms with Crippen LogP contribution in [0.1, 0.15) is 6.92 Å². The number of rotatable bonds is 2.